The number of nitrogens with one attached hydrogen (secondary N) is 1. The zero-order valence-corrected chi connectivity index (χ0v) is 9.64. The van der Waals surface area contributed by atoms with Crippen LogP contribution >= 0.6 is 27.5 Å². The summed E-state index contributed by atoms with van der Waals surface area (Å²) >= 11 is 9.21. The maximum atomic E-state index is 5.86. The number of halogens is 2. The van der Waals surface area contributed by atoms with Crippen LogP contribution in [0.2, 0.25) is 5.02 Å². The van der Waals surface area contributed by atoms with Crippen molar-refractivity contribution in [2.45, 2.75) is 6.04 Å². The van der Waals surface area contributed by atoms with Gasteiger partial charge in [0.15, 0.2) is 0 Å². The quantitative estimate of drug-likeness (QED) is 0.921. The second kappa shape index (κ2) is 4.49. The first-order valence-electron chi connectivity index (χ1n) is 4.20. The van der Waals surface area contributed by atoms with Gasteiger partial charge in [0.1, 0.15) is 12.4 Å². The third-order valence-electron chi connectivity index (χ3n) is 1.82. The van der Waals surface area contributed by atoms with Gasteiger partial charge in [-0.1, -0.05) is 27.5 Å². The Morgan fingerprint density at radius 1 is 1.57 bits per heavy atom. The van der Waals surface area contributed by atoms with Crippen molar-refractivity contribution in [1.82, 2.24) is 5.48 Å². The Hall–Kier alpha value is -0.290. The van der Waals surface area contributed by atoms with Crippen LogP contribution in [0, 0.1) is 0 Å². The van der Waals surface area contributed by atoms with Crippen LogP contribution in [0.1, 0.15) is 0 Å². The van der Waals surface area contributed by atoms with E-state index in [0.717, 1.165) is 10.2 Å². The van der Waals surface area contributed by atoms with E-state index in [2.05, 4.69) is 21.4 Å². The molecule has 1 N–H and O–H groups in total. The van der Waals surface area contributed by atoms with E-state index in [1.54, 1.807) is 6.07 Å². The minimum Gasteiger partial charge on any atom is -0.492 e. The average molecular weight is 279 g/mol. The fraction of sp³-hybridized carbons (Fsp3) is 0.333. The van der Waals surface area contributed by atoms with Crippen LogP contribution in [0.3, 0.4) is 0 Å². The molecule has 1 aromatic carbocycles. The van der Waals surface area contributed by atoms with Gasteiger partial charge in [-0.05, 0) is 18.2 Å². The van der Waals surface area contributed by atoms with E-state index in [4.69, 9.17) is 21.2 Å². The maximum Gasteiger partial charge on any atom is 0.121 e. The van der Waals surface area contributed by atoms with Gasteiger partial charge < -0.3 is 4.74 Å². The zero-order valence-electron chi connectivity index (χ0n) is 7.30. The fourth-order valence-electron chi connectivity index (χ4n) is 1.09. The van der Waals surface area contributed by atoms with Gasteiger partial charge in [0, 0.05) is 9.50 Å². The number of hydrogen-bond acceptors (Lipinski definition) is 3. The lowest BCUT2D eigenvalue weighted by atomic mass is 10.3. The summed E-state index contributed by atoms with van der Waals surface area (Å²) in [5.74, 6) is 0.762. The lowest BCUT2D eigenvalue weighted by molar-refractivity contribution is -0.109. The van der Waals surface area contributed by atoms with Crippen LogP contribution in [0.15, 0.2) is 22.7 Å². The molecule has 0 aliphatic carbocycles. The first-order valence-corrected chi connectivity index (χ1v) is 5.37. The van der Waals surface area contributed by atoms with Crippen molar-refractivity contribution in [2.24, 2.45) is 0 Å². The van der Waals surface area contributed by atoms with Crippen molar-refractivity contribution >= 4 is 27.5 Å². The molecule has 3 nitrogen and oxygen atoms in total. The van der Waals surface area contributed by atoms with E-state index >= 15 is 0 Å². The molecule has 0 radical (unpaired) electrons. The van der Waals surface area contributed by atoms with Crippen LogP contribution in [0.4, 0.5) is 0 Å². The summed E-state index contributed by atoms with van der Waals surface area (Å²) in [4.78, 5) is 4.81. The Kier molecular flexibility index (Phi) is 3.28. The van der Waals surface area contributed by atoms with E-state index < -0.39 is 0 Å². The van der Waals surface area contributed by atoms with Gasteiger partial charge in [-0.25, -0.2) is 0 Å². The molecule has 0 bridgehead atoms. The molecule has 5 heteroatoms. The van der Waals surface area contributed by atoms with E-state index in [-0.39, 0.29) is 6.04 Å². The highest BCUT2D eigenvalue weighted by Gasteiger charge is 2.18. The highest BCUT2D eigenvalue weighted by Crippen LogP contribution is 2.24. The van der Waals surface area contributed by atoms with Gasteiger partial charge >= 0.3 is 0 Å². The van der Waals surface area contributed by atoms with Gasteiger partial charge in [-0.3, -0.25) is 4.84 Å². The summed E-state index contributed by atoms with van der Waals surface area (Å²) in [6.07, 6.45) is 0. The van der Waals surface area contributed by atoms with E-state index in [0.29, 0.717) is 18.2 Å². The molecule has 14 heavy (non-hydrogen) atoms. The first-order chi connectivity index (χ1) is 6.74. The van der Waals surface area contributed by atoms with Crippen molar-refractivity contribution in [1.29, 1.82) is 0 Å². The summed E-state index contributed by atoms with van der Waals surface area (Å²) in [7, 11) is 0. The molecule has 1 atom stereocenters. The second-order valence-electron chi connectivity index (χ2n) is 3.04. The van der Waals surface area contributed by atoms with Crippen molar-refractivity contribution < 1.29 is 9.57 Å². The summed E-state index contributed by atoms with van der Waals surface area (Å²) in [5, 5.41) is 0.659. The molecule has 1 fully saturated rings. The van der Waals surface area contributed by atoms with Gasteiger partial charge in [0.2, 0.25) is 0 Å². The predicted octanol–water partition coefficient (Wildman–Crippen LogP) is 2.38. The molecule has 1 aliphatic rings. The minimum absolute atomic E-state index is 0.285. The van der Waals surface area contributed by atoms with E-state index in [9.17, 15) is 0 Å². The van der Waals surface area contributed by atoms with Crippen molar-refractivity contribution in [3.05, 3.63) is 27.7 Å². The number of ether oxygens (including phenoxy) is 1. The van der Waals surface area contributed by atoms with Crippen LogP contribution in [0.25, 0.3) is 0 Å². The standard InChI is InChI=1S/C9H9BrClNO2/c10-6-1-7(11)3-9(2-6)13-4-8-5-14-12-8/h1-3,8,12H,4-5H2. The summed E-state index contributed by atoms with van der Waals surface area (Å²) < 4.78 is 6.43. The fourth-order valence-corrected chi connectivity index (χ4v) is 1.92. The molecule has 1 aliphatic heterocycles. The van der Waals surface area contributed by atoms with Gasteiger partial charge in [-0.15, -0.1) is 0 Å². The maximum absolute atomic E-state index is 5.86. The molecular formula is C9H9BrClNO2. The Labute approximate surface area is 95.4 Å². The normalized spacial score (nSPS) is 20.3. The van der Waals surface area contributed by atoms with Gasteiger partial charge in [0.25, 0.3) is 0 Å². The lowest BCUT2D eigenvalue weighted by Gasteiger charge is -2.26. The van der Waals surface area contributed by atoms with Crippen molar-refractivity contribution in [3.8, 4) is 5.75 Å². The topological polar surface area (TPSA) is 30.5 Å². The molecule has 2 rings (SSSR count). The van der Waals surface area contributed by atoms with Crippen molar-refractivity contribution in [2.75, 3.05) is 13.2 Å². The van der Waals surface area contributed by atoms with Gasteiger partial charge in [-0.2, -0.15) is 5.48 Å². The van der Waals surface area contributed by atoms with Crippen molar-refractivity contribution in [3.63, 3.8) is 0 Å². The number of benzene rings is 1. The van der Waals surface area contributed by atoms with Crippen LogP contribution in [-0.2, 0) is 4.84 Å². The smallest absolute Gasteiger partial charge is 0.121 e. The first kappa shape index (κ1) is 10.2. The molecule has 0 aromatic heterocycles. The summed E-state index contributed by atoms with van der Waals surface area (Å²) in [6, 6.07) is 5.77. The number of hydrogen-bond donors (Lipinski definition) is 1. The SMILES string of the molecule is Clc1cc(Br)cc(OCC2CON2)c1. The monoisotopic (exact) mass is 277 g/mol. The average Bonchev–Trinajstić information content (AvgIpc) is 1.99. The number of rotatable bonds is 3. The summed E-state index contributed by atoms with van der Waals surface area (Å²) in [6.45, 7) is 1.29. The number of hydroxylamine groups is 1. The molecule has 0 amide bonds. The molecule has 1 aromatic rings. The molecular weight excluding hydrogens is 269 g/mol. The van der Waals surface area contributed by atoms with Gasteiger partial charge in [0.05, 0.1) is 12.6 Å². The Balaban J connectivity index is 1.94. The largest absolute Gasteiger partial charge is 0.492 e. The van der Waals surface area contributed by atoms with E-state index in [1.807, 2.05) is 12.1 Å². The molecule has 76 valence electrons. The lowest BCUT2D eigenvalue weighted by Crippen LogP contribution is -2.49. The van der Waals surface area contributed by atoms with Crippen LogP contribution in [0.5, 0.6) is 5.75 Å². The molecule has 1 unspecified atom stereocenters. The summed E-state index contributed by atoms with van der Waals surface area (Å²) in [5.41, 5.74) is 2.78. The Bertz CT molecular complexity index is 310. The zero-order chi connectivity index (χ0) is 9.97. The Morgan fingerprint density at radius 2 is 2.36 bits per heavy atom. The van der Waals surface area contributed by atoms with Crippen LogP contribution < -0.4 is 10.2 Å². The Morgan fingerprint density at radius 3 is 2.93 bits per heavy atom. The highest BCUT2D eigenvalue weighted by atomic mass is 79.9. The molecule has 0 saturated carbocycles. The minimum atomic E-state index is 0.285. The molecule has 0 spiro atoms. The van der Waals surface area contributed by atoms with E-state index in [1.165, 1.54) is 0 Å². The van der Waals surface area contributed by atoms with Crippen LogP contribution in [-0.4, -0.2) is 19.3 Å². The molecule has 1 saturated heterocycles. The second-order valence-corrected chi connectivity index (χ2v) is 4.39. The third kappa shape index (κ3) is 2.60. The third-order valence-corrected chi connectivity index (χ3v) is 2.50. The predicted molar refractivity (Wildman–Crippen MR) is 57.5 cm³/mol. The highest BCUT2D eigenvalue weighted by molar-refractivity contribution is 9.10. The molecule has 1 heterocycles.